The highest BCUT2D eigenvalue weighted by molar-refractivity contribution is 7.92. The molecule has 3 rings (SSSR count). The molecule has 1 N–H and O–H groups in total. The van der Waals surface area contributed by atoms with E-state index in [0.29, 0.717) is 34.1 Å². The van der Waals surface area contributed by atoms with Crippen molar-refractivity contribution in [3.8, 4) is 0 Å². The lowest BCUT2D eigenvalue weighted by Crippen LogP contribution is -2.53. The van der Waals surface area contributed by atoms with Gasteiger partial charge in [0, 0.05) is 28.2 Å². The van der Waals surface area contributed by atoms with Crippen LogP contribution >= 0.6 is 23.2 Å². The van der Waals surface area contributed by atoms with Crippen LogP contribution in [0.25, 0.3) is 0 Å². The topological polar surface area (TPSA) is 86.8 Å². The van der Waals surface area contributed by atoms with E-state index in [4.69, 9.17) is 23.2 Å². The molecule has 0 saturated carbocycles. The lowest BCUT2D eigenvalue weighted by molar-refractivity contribution is -0.140. The van der Waals surface area contributed by atoms with Crippen LogP contribution in [0.15, 0.2) is 83.8 Å². The van der Waals surface area contributed by atoms with Crippen molar-refractivity contribution in [1.82, 2.24) is 10.2 Å². The third kappa shape index (κ3) is 7.53. The van der Waals surface area contributed by atoms with Crippen molar-refractivity contribution in [2.24, 2.45) is 0 Å². The van der Waals surface area contributed by atoms with Gasteiger partial charge in [0.1, 0.15) is 12.6 Å². The van der Waals surface area contributed by atoms with Gasteiger partial charge in [0.15, 0.2) is 0 Å². The number of para-hydroxylation sites is 1. The van der Waals surface area contributed by atoms with Crippen LogP contribution in [0, 0.1) is 0 Å². The van der Waals surface area contributed by atoms with Crippen LogP contribution < -0.4 is 9.62 Å². The van der Waals surface area contributed by atoms with Crippen molar-refractivity contribution in [2.75, 3.05) is 10.8 Å². The van der Waals surface area contributed by atoms with Crippen LogP contribution in [-0.4, -0.2) is 43.8 Å². The van der Waals surface area contributed by atoms with Gasteiger partial charge >= 0.3 is 0 Å². The van der Waals surface area contributed by atoms with Crippen LogP contribution in [-0.2, 0) is 26.2 Å². The average Bonchev–Trinajstić information content (AvgIpc) is 2.93. The Morgan fingerprint density at radius 1 is 0.846 bits per heavy atom. The van der Waals surface area contributed by atoms with E-state index >= 15 is 0 Å². The number of rotatable bonds is 12. The van der Waals surface area contributed by atoms with Gasteiger partial charge in [-0.15, -0.1) is 0 Å². The maximum absolute atomic E-state index is 14.0. The lowest BCUT2D eigenvalue weighted by Gasteiger charge is -2.34. The van der Waals surface area contributed by atoms with E-state index in [1.807, 2.05) is 13.8 Å². The summed E-state index contributed by atoms with van der Waals surface area (Å²) in [6.45, 7) is 5.02. The third-order valence-corrected chi connectivity index (χ3v) is 8.93. The van der Waals surface area contributed by atoms with Crippen molar-refractivity contribution >= 4 is 50.7 Å². The molecule has 208 valence electrons. The molecule has 0 radical (unpaired) electrons. The SMILES string of the molecule is CC[C@H](C(=O)N[C@@H](C)CC)N(Cc1c(Cl)cccc1Cl)C(=O)CN(c1ccccc1)S(=O)(=O)c1ccccc1. The number of carbonyl (C=O) groups is 2. The highest BCUT2D eigenvalue weighted by Crippen LogP contribution is 2.28. The largest absolute Gasteiger partial charge is 0.352 e. The number of anilines is 1. The van der Waals surface area contributed by atoms with Gasteiger partial charge < -0.3 is 10.2 Å². The summed E-state index contributed by atoms with van der Waals surface area (Å²) in [5, 5.41) is 3.63. The van der Waals surface area contributed by atoms with Gasteiger partial charge in [-0.25, -0.2) is 8.42 Å². The monoisotopic (exact) mass is 589 g/mol. The van der Waals surface area contributed by atoms with E-state index < -0.39 is 28.5 Å². The normalized spacial score (nSPS) is 12.8. The molecule has 0 aromatic heterocycles. The minimum atomic E-state index is -4.11. The molecule has 0 aliphatic heterocycles. The highest BCUT2D eigenvalue weighted by Gasteiger charge is 2.34. The number of carbonyl (C=O) groups excluding carboxylic acids is 2. The van der Waals surface area contributed by atoms with Gasteiger partial charge in [0.25, 0.3) is 10.0 Å². The number of benzene rings is 3. The molecule has 0 aliphatic carbocycles. The molecule has 3 aromatic carbocycles. The Hall–Kier alpha value is -3.07. The molecule has 0 unspecified atom stereocenters. The summed E-state index contributed by atoms with van der Waals surface area (Å²) >= 11 is 12.9. The molecule has 0 fully saturated rings. The molecule has 2 amide bonds. The van der Waals surface area contributed by atoms with E-state index in [2.05, 4.69) is 5.32 Å². The van der Waals surface area contributed by atoms with Crippen LogP contribution in [0.2, 0.25) is 10.0 Å². The molecule has 0 bridgehead atoms. The number of amides is 2. The second kappa shape index (κ2) is 13.8. The molecule has 2 atom stereocenters. The minimum absolute atomic E-state index is 0.0453. The maximum Gasteiger partial charge on any atom is 0.264 e. The molecule has 3 aromatic rings. The van der Waals surface area contributed by atoms with Crippen molar-refractivity contribution in [2.45, 2.75) is 57.1 Å². The summed E-state index contributed by atoms with van der Waals surface area (Å²) in [7, 11) is -4.11. The van der Waals surface area contributed by atoms with Crippen LogP contribution in [0.4, 0.5) is 5.69 Å². The molecule has 0 saturated heterocycles. The van der Waals surface area contributed by atoms with Gasteiger partial charge in [-0.1, -0.05) is 79.5 Å². The third-order valence-electron chi connectivity index (χ3n) is 6.43. The van der Waals surface area contributed by atoms with Crippen molar-refractivity contribution in [3.05, 3.63) is 94.5 Å². The Labute approximate surface area is 240 Å². The Kier molecular flexibility index (Phi) is 10.8. The lowest BCUT2D eigenvalue weighted by atomic mass is 10.1. The first-order chi connectivity index (χ1) is 18.6. The Bertz CT molecular complexity index is 1350. The van der Waals surface area contributed by atoms with Gasteiger partial charge in [-0.3, -0.25) is 13.9 Å². The van der Waals surface area contributed by atoms with Gasteiger partial charge in [0.05, 0.1) is 10.6 Å². The fourth-order valence-electron chi connectivity index (χ4n) is 4.06. The first-order valence-corrected chi connectivity index (χ1v) is 14.9. The zero-order valence-electron chi connectivity index (χ0n) is 22.2. The Balaban J connectivity index is 2.07. The van der Waals surface area contributed by atoms with E-state index in [1.54, 1.807) is 73.7 Å². The van der Waals surface area contributed by atoms with Crippen molar-refractivity contribution in [1.29, 1.82) is 0 Å². The average molecular weight is 591 g/mol. The second-order valence-corrected chi connectivity index (χ2v) is 11.8. The molecule has 7 nitrogen and oxygen atoms in total. The maximum atomic E-state index is 14.0. The second-order valence-electron chi connectivity index (χ2n) is 9.12. The standard InChI is InChI=1S/C29H33Cl2N3O4S/c1-4-21(3)32-29(36)27(5-2)33(19-24-25(30)17-12-18-26(24)31)28(35)20-34(22-13-8-6-9-14-22)39(37,38)23-15-10-7-11-16-23/h6-18,21,27H,4-5,19-20H2,1-3H3,(H,32,36)/t21-,27+/m0/s1. The molecule has 39 heavy (non-hydrogen) atoms. The zero-order valence-corrected chi connectivity index (χ0v) is 24.5. The minimum Gasteiger partial charge on any atom is -0.352 e. The van der Waals surface area contributed by atoms with Crippen LogP contribution in [0.5, 0.6) is 0 Å². The number of hydrogen-bond acceptors (Lipinski definition) is 4. The van der Waals surface area contributed by atoms with E-state index in [0.717, 1.165) is 4.31 Å². The number of halogens is 2. The van der Waals surface area contributed by atoms with Crippen molar-refractivity contribution in [3.63, 3.8) is 0 Å². The summed E-state index contributed by atoms with van der Waals surface area (Å²) in [6.07, 6.45) is 1.01. The van der Waals surface area contributed by atoms with Gasteiger partial charge in [-0.2, -0.15) is 0 Å². The fourth-order valence-corrected chi connectivity index (χ4v) is 6.01. The molecule has 0 aliphatic rings. The summed E-state index contributed by atoms with van der Waals surface area (Å²) in [5.41, 5.74) is 0.795. The summed E-state index contributed by atoms with van der Waals surface area (Å²) < 4.78 is 28.6. The first kappa shape index (κ1) is 30.5. The summed E-state index contributed by atoms with van der Waals surface area (Å²) in [4.78, 5) is 28.8. The smallest absolute Gasteiger partial charge is 0.264 e. The highest BCUT2D eigenvalue weighted by atomic mass is 35.5. The first-order valence-electron chi connectivity index (χ1n) is 12.8. The number of sulfonamides is 1. The number of hydrogen-bond donors (Lipinski definition) is 1. The molecular weight excluding hydrogens is 557 g/mol. The van der Waals surface area contributed by atoms with Crippen LogP contribution in [0.3, 0.4) is 0 Å². The zero-order chi connectivity index (χ0) is 28.6. The Morgan fingerprint density at radius 3 is 1.95 bits per heavy atom. The van der Waals surface area contributed by atoms with Crippen molar-refractivity contribution < 1.29 is 18.0 Å². The molecule has 10 heteroatoms. The summed E-state index contributed by atoms with van der Waals surface area (Å²) in [5.74, 6) is -0.902. The number of nitrogens with one attached hydrogen (secondary N) is 1. The predicted octanol–water partition coefficient (Wildman–Crippen LogP) is 5.91. The molecule has 0 spiro atoms. The molecular formula is C29H33Cl2N3O4S. The van der Waals surface area contributed by atoms with E-state index in [-0.39, 0.29) is 23.4 Å². The predicted molar refractivity (Wildman–Crippen MR) is 156 cm³/mol. The quantitative estimate of drug-likeness (QED) is 0.284. The van der Waals surface area contributed by atoms with E-state index in [9.17, 15) is 18.0 Å². The molecule has 0 heterocycles. The van der Waals surface area contributed by atoms with E-state index in [1.165, 1.54) is 17.0 Å². The number of nitrogens with zero attached hydrogens (tertiary/aromatic N) is 2. The van der Waals surface area contributed by atoms with Crippen LogP contribution in [0.1, 0.15) is 39.2 Å². The van der Waals surface area contributed by atoms with Gasteiger partial charge in [-0.05, 0) is 56.2 Å². The van der Waals surface area contributed by atoms with Gasteiger partial charge in [0.2, 0.25) is 11.8 Å². The fraction of sp³-hybridized carbons (Fsp3) is 0.310. The Morgan fingerprint density at radius 2 is 1.41 bits per heavy atom. The summed E-state index contributed by atoms with van der Waals surface area (Å²) in [6, 6.07) is 20.3.